The molecule has 0 bridgehead atoms. The van der Waals surface area contributed by atoms with Crippen molar-refractivity contribution < 1.29 is 0 Å². The Morgan fingerprint density at radius 2 is 1.80 bits per heavy atom. The predicted octanol–water partition coefficient (Wildman–Crippen LogP) is 3.95. The van der Waals surface area contributed by atoms with Crippen LogP contribution in [0.5, 0.6) is 0 Å². The van der Waals surface area contributed by atoms with Crippen LogP contribution in [0.15, 0.2) is 16.7 Å². The maximum Gasteiger partial charge on any atom is 0.142 e. The Hall–Kier alpha value is -0.320. The lowest BCUT2D eigenvalue weighted by molar-refractivity contribution is 0.141. The molecule has 0 aromatic carbocycles. The molecule has 2 aliphatic heterocycles. The molecule has 5 heteroatoms. The quantitative estimate of drug-likeness (QED) is 0.798. The summed E-state index contributed by atoms with van der Waals surface area (Å²) < 4.78 is 1.00. The first-order valence-corrected chi connectivity index (χ1v) is 8.71. The SMILES string of the molecule is Clc1cnc(N2CCC(N3CCCCC3)CC2)c(Br)c1. The second kappa shape index (κ2) is 6.63. The van der Waals surface area contributed by atoms with Crippen molar-refractivity contribution >= 4 is 33.3 Å². The van der Waals surface area contributed by atoms with Crippen LogP contribution in [0.1, 0.15) is 32.1 Å². The van der Waals surface area contributed by atoms with Gasteiger partial charge in [-0.2, -0.15) is 0 Å². The minimum atomic E-state index is 0.684. The van der Waals surface area contributed by atoms with E-state index >= 15 is 0 Å². The monoisotopic (exact) mass is 357 g/mol. The first-order valence-electron chi connectivity index (χ1n) is 7.54. The van der Waals surface area contributed by atoms with Crippen molar-refractivity contribution in [3.8, 4) is 0 Å². The Kier molecular flexibility index (Phi) is 4.84. The third-order valence-electron chi connectivity index (χ3n) is 4.46. The van der Waals surface area contributed by atoms with E-state index in [0.717, 1.165) is 29.4 Å². The minimum absolute atomic E-state index is 0.684. The lowest BCUT2D eigenvalue weighted by Crippen LogP contribution is -2.47. The van der Waals surface area contributed by atoms with E-state index in [1.165, 1.54) is 45.2 Å². The second-order valence-corrected chi connectivity index (χ2v) is 7.06. The fraction of sp³-hybridized carbons (Fsp3) is 0.667. The van der Waals surface area contributed by atoms with Crippen LogP contribution in [0.4, 0.5) is 5.82 Å². The van der Waals surface area contributed by atoms with Crippen LogP contribution in [0.2, 0.25) is 5.02 Å². The molecule has 1 aromatic rings. The van der Waals surface area contributed by atoms with E-state index in [-0.39, 0.29) is 0 Å². The Labute approximate surface area is 134 Å². The van der Waals surface area contributed by atoms with Crippen LogP contribution in [0.3, 0.4) is 0 Å². The highest BCUT2D eigenvalue weighted by atomic mass is 79.9. The first kappa shape index (κ1) is 14.6. The van der Waals surface area contributed by atoms with Gasteiger partial charge in [0.15, 0.2) is 0 Å². The van der Waals surface area contributed by atoms with E-state index in [1.54, 1.807) is 6.20 Å². The molecule has 20 heavy (non-hydrogen) atoms. The number of hydrogen-bond donors (Lipinski definition) is 0. The number of halogens is 2. The highest BCUT2D eigenvalue weighted by Crippen LogP contribution is 2.30. The van der Waals surface area contributed by atoms with Crippen molar-refractivity contribution in [1.29, 1.82) is 0 Å². The molecule has 2 saturated heterocycles. The van der Waals surface area contributed by atoms with Gasteiger partial charge in [-0.3, -0.25) is 0 Å². The van der Waals surface area contributed by atoms with Crippen LogP contribution >= 0.6 is 27.5 Å². The summed E-state index contributed by atoms with van der Waals surface area (Å²) in [5, 5.41) is 0.684. The largest absolute Gasteiger partial charge is 0.356 e. The molecule has 2 aliphatic rings. The standard InChI is InChI=1S/C15H21BrClN3/c16-14-10-12(17)11-18-15(14)20-8-4-13(5-9-20)19-6-2-1-3-7-19/h10-11,13H,1-9H2. The van der Waals surface area contributed by atoms with Crippen molar-refractivity contribution in [2.24, 2.45) is 0 Å². The number of anilines is 1. The number of pyridine rings is 1. The van der Waals surface area contributed by atoms with Crippen LogP contribution < -0.4 is 4.90 Å². The van der Waals surface area contributed by atoms with Gasteiger partial charge in [-0.15, -0.1) is 0 Å². The highest BCUT2D eigenvalue weighted by molar-refractivity contribution is 9.10. The number of hydrogen-bond acceptors (Lipinski definition) is 3. The van der Waals surface area contributed by atoms with Gasteiger partial charge in [0.25, 0.3) is 0 Å². The van der Waals surface area contributed by atoms with Gasteiger partial charge >= 0.3 is 0 Å². The Morgan fingerprint density at radius 1 is 1.10 bits per heavy atom. The van der Waals surface area contributed by atoms with E-state index in [9.17, 15) is 0 Å². The smallest absolute Gasteiger partial charge is 0.142 e. The number of rotatable bonds is 2. The van der Waals surface area contributed by atoms with Gasteiger partial charge in [0.2, 0.25) is 0 Å². The number of nitrogens with zero attached hydrogens (tertiary/aromatic N) is 3. The molecular formula is C15H21BrClN3. The van der Waals surface area contributed by atoms with E-state index < -0.39 is 0 Å². The molecule has 110 valence electrons. The molecule has 1 aromatic heterocycles. The van der Waals surface area contributed by atoms with E-state index in [0.29, 0.717) is 5.02 Å². The molecule has 2 fully saturated rings. The molecule has 0 saturated carbocycles. The predicted molar refractivity (Wildman–Crippen MR) is 87.6 cm³/mol. The molecule has 0 N–H and O–H groups in total. The maximum atomic E-state index is 5.96. The van der Waals surface area contributed by atoms with Crippen LogP contribution in [-0.4, -0.2) is 42.1 Å². The molecule has 0 aliphatic carbocycles. The lowest BCUT2D eigenvalue weighted by atomic mass is 10.00. The summed E-state index contributed by atoms with van der Waals surface area (Å²) in [5.41, 5.74) is 0. The Morgan fingerprint density at radius 3 is 2.45 bits per heavy atom. The second-order valence-electron chi connectivity index (χ2n) is 5.77. The zero-order valence-electron chi connectivity index (χ0n) is 11.7. The van der Waals surface area contributed by atoms with E-state index in [4.69, 9.17) is 11.6 Å². The molecule has 3 heterocycles. The summed E-state index contributed by atoms with van der Waals surface area (Å²) in [6.07, 6.45) is 8.40. The summed E-state index contributed by atoms with van der Waals surface area (Å²) in [6.45, 7) is 4.78. The third-order valence-corrected chi connectivity index (χ3v) is 5.25. The highest BCUT2D eigenvalue weighted by Gasteiger charge is 2.26. The van der Waals surface area contributed by atoms with Gasteiger partial charge in [-0.1, -0.05) is 18.0 Å². The maximum absolute atomic E-state index is 5.96. The third kappa shape index (κ3) is 3.29. The average molecular weight is 359 g/mol. The summed E-state index contributed by atoms with van der Waals surface area (Å²) in [6, 6.07) is 2.71. The van der Waals surface area contributed by atoms with Crippen LogP contribution in [0, 0.1) is 0 Å². The zero-order chi connectivity index (χ0) is 13.9. The zero-order valence-corrected chi connectivity index (χ0v) is 14.0. The van der Waals surface area contributed by atoms with Gasteiger partial charge in [0.05, 0.1) is 9.50 Å². The summed E-state index contributed by atoms with van der Waals surface area (Å²) >= 11 is 9.54. The molecule has 0 unspecified atom stereocenters. The van der Waals surface area contributed by atoms with Gasteiger partial charge in [0, 0.05) is 25.3 Å². The van der Waals surface area contributed by atoms with Gasteiger partial charge < -0.3 is 9.80 Å². The van der Waals surface area contributed by atoms with Gasteiger partial charge in [-0.25, -0.2) is 4.98 Å². The van der Waals surface area contributed by atoms with E-state index in [2.05, 4.69) is 30.7 Å². The van der Waals surface area contributed by atoms with Crippen molar-refractivity contribution in [3.63, 3.8) is 0 Å². The van der Waals surface area contributed by atoms with Gasteiger partial charge in [-0.05, 0) is 60.8 Å². The van der Waals surface area contributed by atoms with Crippen molar-refractivity contribution in [3.05, 3.63) is 21.8 Å². The minimum Gasteiger partial charge on any atom is -0.356 e. The molecule has 0 spiro atoms. The Bertz CT molecular complexity index is 454. The molecule has 0 amide bonds. The fourth-order valence-electron chi connectivity index (χ4n) is 3.37. The molecule has 3 rings (SSSR count). The number of piperidine rings is 2. The summed E-state index contributed by atoms with van der Waals surface area (Å²) in [5.74, 6) is 1.03. The topological polar surface area (TPSA) is 19.4 Å². The van der Waals surface area contributed by atoms with E-state index in [1.807, 2.05) is 6.07 Å². The van der Waals surface area contributed by atoms with Crippen molar-refractivity contribution in [2.75, 3.05) is 31.1 Å². The van der Waals surface area contributed by atoms with Crippen LogP contribution in [0.25, 0.3) is 0 Å². The molecule has 0 radical (unpaired) electrons. The fourth-order valence-corrected chi connectivity index (χ4v) is 4.26. The lowest BCUT2D eigenvalue weighted by Gasteiger charge is -2.40. The normalized spacial score (nSPS) is 22.2. The molecular weight excluding hydrogens is 338 g/mol. The van der Waals surface area contributed by atoms with Gasteiger partial charge in [0.1, 0.15) is 5.82 Å². The number of likely N-dealkylation sites (tertiary alicyclic amines) is 1. The molecule has 3 nitrogen and oxygen atoms in total. The molecule has 0 atom stereocenters. The summed E-state index contributed by atoms with van der Waals surface area (Å²) in [7, 11) is 0. The summed E-state index contributed by atoms with van der Waals surface area (Å²) in [4.78, 5) is 9.55. The van der Waals surface area contributed by atoms with Crippen molar-refractivity contribution in [1.82, 2.24) is 9.88 Å². The van der Waals surface area contributed by atoms with Crippen LogP contribution in [-0.2, 0) is 0 Å². The first-order chi connectivity index (χ1) is 9.74. The average Bonchev–Trinajstić information content (AvgIpc) is 2.48. The van der Waals surface area contributed by atoms with Crippen molar-refractivity contribution in [2.45, 2.75) is 38.1 Å². The number of aromatic nitrogens is 1. The Balaban J connectivity index is 1.60.